The Morgan fingerprint density at radius 3 is 2.40 bits per heavy atom. The number of ether oxygens (including phenoxy) is 1. The molecule has 1 heterocycles. The van der Waals surface area contributed by atoms with Gasteiger partial charge in [0.25, 0.3) is 0 Å². The second kappa shape index (κ2) is 10.1. The fourth-order valence-corrected chi connectivity index (χ4v) is 2.63. The van der Waals surface area contributed by atoms with Crippen LogP contribution in [0.4, 0.5) is 16.3 Å². The highest BCUT2D eigenvalue weighted by molar-refractivity contribution is 5.91. The summed E-state index contributed by atoms with van der Waals surface area (Å²) in [5.41, 5.74) is 2.75. The summed E-state index contributed by atoms with van der Waals surface area (Å²) < 4.78 is 5.79. The Morgan fingerprint density at radius 2 is 1.70 bits per heavy atom. The molecule has 0 aliphatic rings. The zero-order valence-electron chi connectivity index (χ0n) is 16.9. The first kappa shape index (κ1) is 20.9. The van der Waals surface area contributed by atoms with E-state index in [0.717, 1.165) is 16.9 Å². The topological polar surface area (TPSA) is 92.4 Å². The summed E-state index contributed by atoms with van der Waals surface area (Å²) in [6, 6.07) is 18.0. The predicted octanol–water partition coefficient (Wildman–Crippen LogP) is 4.64. The first-order chi connectivity index (χ1) is 14.5. The largest absolute Gasteiger partial charge is 0.457 e. The second-order valence-electron chi connectivity index (χ2n) is 6.84. The summed E-state index contributed by atoms with van der Waals surface area (Å²) in [4.78, 5) is 28.0. The van der Waals surface area contributed by atoms with Crippen LogP contribution in [-0.2, 0) is 4.79 Å². The molecular formula is C23H24N4O3. The Hall–Kier alpha value is -3.87. The van der Waals surface area contributed by atoms with Gasteiger partial charge in [0.05, 0.1) is 0 Å². The van der Waals surface area contributed by atoms with Gasteiger partial charge in [-0.25, -0.2) is 9.78 Å². The molecule has 0 atom stereocenters. The van der Waals surface area contributed by atoms with Gasteiger partial charge in [-0.1, -0.05) is 18.2 Å². The highest BCUT2D eigenvalue weighted by Gasteiger charge is 2.06. The van der Waals surface area contributed by atoms with E-state index in [4.69, 9.17) is 4.74 Å². The van der Waals surface area contributed by atoms with Crippen molar-refractivity contribution in [2.45, 2.75) is 20.3 Å². The highest BCUT2D eigenvalue weighted by Crippen LogP contribution is 2.23. The smallest absolute Gasteiger partial charge is 0.319 e. The minimum atomic E-state index is -0.386. The molecule has 1 aromatic heterocycles. The lowest BCUT2D eigenvalue weighted by molar-refractivity contribution is -0.116. The van der Waals surface area contributed by atoms with Crippen molar-refractivity contribution < 1.29 is 14.3 Å². The van der Waals surface area contributed by atoms with Crippen LogP contribution in [0.5, 0.6) is 11.5 Å². The molecule has 2 aromatic carbocycles. The number of carbonyl (C=O) groups is 2. The minimum Gasteiger partial charge on any atom is -0.457 e. The van der Waals surface area contributed by atoms with Gasteiger partial charge in [0, 0.05) is 24.8 Å². The lowest BCUT2D eigenvalue weighted by atomic mass is 10.2. The molecule has 0 bridgehead atoms. The van der Waals surface area contributed by atoms with Crippen LogP contribution in [0.15, 0.2) is 66.9 Å². The number of amides is 3. The molecule has 0 aliphatic carbocycles. The van der Waals surface area contributed by atoms with Crippen molar-refractivity contribution in [2.24, 2.45) is 0 Å². The van der Waals surface area contributed by atoms with Crippen molar-refractivity contribution in [1.29, 1.82) is 0 Å². The van der Waals surface area contributed by atoms with Crippen LogP contribution in [0.25, 0.3) is 0 Å². The van der Waals surface area contributed by atoms with Gasteiger partial charge in [-0.3, -0.25) is 4.79 Å². The van der Waals surface area contributed by atoms with Gasteiger partial charge in [0.1, 0.15) is 17.3 Å². The van der Waals surface area contributed by atoms with E-state index < -0.39 is 0 Å². The first-order valence-corrected chi connectivity index (χ1v) is 9.60. The molecule has 3 rings (SSSR count). The van der Waals surface area contributed by atoms with Gasteiger partial charge in [-0.2, -0.15) is 0 Å². The lowest BCUT2D eigenvalue weighted by Gasteiger charge is -2.10. The summed E-state index contributed by atoms with van der Waals surface area (Å²) in [6.07, 6.45) is 1.82. The molecule has 7 nitrogen and oxygen atoms in total. The number of urea groups is 1. The summed E-state index contributed by atoms with van der Waals surface area (Å²) in [5, 5.41) is 8.06. The molecule has 3 amide bonds. The molecule has 0 spiro atoms. The Balaban J connectivity index is 1.40. The molecule has 3 N–H and O–H groups in total. The number of nitrogens with one attached hydrogen (secondary N) is 3. The van der Waals surface area contributed by atoms with Crippen molar-refractivity contribution in [1.82, 2.24) is 10.3 Å². The fraction of sp³-hybridized carbons (Fsp3) is 0.174. The van der Waals surface area contributed by atoms with Crippen LogP contribution >= 0.6 is 0 Å². The van der Waals surface area contributed by atoms with Crippen LogP contribution in [0.1, 0.15) is 17.5 Å². The fourth-order valence-electron chi connectivity index (χ4n) is 2.63. The minimum absolute atomic E-state index is 0.145. The Bertz CT molecular complexity index is 1000. The maximum Gasteiger partial charge on any atom is 0.319 e. The Labute approximate surface area is 175 Å². The number of carbonyl (C=O) groups excluding carboxylic acids is 2. The lowest BCUT2D eigenvalue weighted by Crippen LogP contribution is -2.31. The van der Waals surface area contributed by atoms with Crippen molar-refractivity contribution in [2.75, 3.05) is 17.2 Å². The van der Waals surface area contributed by atoms with Gasteiger partial charge in [-0.05, 0) is 67.4 Å². The summed E-state index contributed by atoms with van der Waals surface area (Å²) in [5.74, 6) is 1.70. The molecule has 0 fully saturated rings. The first-order valence-electron chi connectivity index (χ1n) is 9.60. The Kier molecular flexibility index (Phi) is 7.00. The number of hydrogen-bond acceptors (Lipinski definition) is 4. The predicted molar refractivity (Wildman–Crippen MR) is 117 cm³/mol. The van der Waals surface area contributed by atoms with E-state index in [2.05, 4.69) is 20.9 Å². The molecule has 0 aliphatic heterocycles. The van der Waals surface area contributed by atoms with Crippen LogP contribution in [-0.4, -0.2) is 23.5 Å². The van der Waals surface area contributed by atoms with Crippen molar-refractivity contribution >= 4 is 23.4 Å². The van der Waals surface area contributed by atoms with Gasteiger partial charge in [0.2, 0.25) is 5.91 Å². The standard InChI is InChI=1S/C23H24N4O3/c1-16-4-3-5-20(14-16)30-19-9-7-18(8-10-19)26-23(29)24-13-12-22(28)27-21-11-6-17(2)15-25-21/h3-11,14-15H,12-13H2,1-2H3,(H2,24,26,29)(H,25,27,28). The number of benzene rings is 2. The monoisotopic (exact) mass is 404 g/mol. The molecular weight excluding hydrogens is 380 g/mol. The number of rotatable bonds is 7. The van der Waals surface area contributed by atoms with Crippen LogP contribution in [0.2, 0.25) is 0 Å². The highest BCUT2D eigenvalue weighted by atomic mass is 16.5. The summed E-state index contributed by atoms with van der Waals surface area (Å²) in [7, 11) is 0. The number of pyridine rings is 1. The molecule has 0 unspecified atom stereocenters. The third-order valence-corrected chi connectivity index (χ3v) is 4.15. The molecule has 30 heavy (non-hydrogen) atoms. The van der Waals surface area contributed by atoms with E-state index in [-0.39, 0.29) is 24.9 Å². The molecule has 0 radical (unpaired) electrons. The summed E-state index contributed by atoms with van der Waals surface area (Å²) in [6.45, 7) is 4.13. The second-order valence-corrected chi connectivity index (χ2v) is 6.84. The van der Waals surface area contributed by atoms with Crippen LogP contribution < -0.4 is 20.7 Å². The van der Waals surface area contributed by atoms with Crippen molar-refractivity contribution in [3.63, 3.8) is 0 Å². The van der Waals surface area contributed by atoms with E-state index >= 15 is 0 Å². The maximum absolute atomic E-state index is 12.0. The third-order valence-electron chi connectivity index (χ3n) is 4.15. The third kappa shape index (κ3) is 6.63. The number of aryl methyl sites for hydroxylation is 2. The molecule has 7 heteroatoms. The normalized spacial score (nSPS) is 10.2. The average molecular weight is 404 g/mol. The quantitative estimate of drug-likeness (QED) is 0.535. The number of anilines is 2. The molecule has 0 saturated heterocycles. The molecule has 154 valence electrons. The van der Waals surface area contributed by atoms with E-state index in [0.29, 0.717) is 17.3 Å². The average Bonchev–Trinajstić information content (AvgIpc) is 2.71. The SMILES string of the molecule is Cc1ccc(NC(=O)CCNC(=O)Nc2ccc(Oc3cccc(C)c3)cc2)nc1. The molecule has 3 aromatic rings. The van der Waals surface area contributed by atoms with Gasteiger partial charge >= 0.3 is 6.03 Å². The zero-order valence-corrected chi connectivity index (χ0v) is 16.9. The Morgan fingerprint density at radius 1 is 0.900 bits per heavy atom. The van der Waals surface area contributed by atoms with Gasteiger partial charge in [-0.15, -0.1) is 0 Å². The van der Waals surface area contributed by atoms with E-state index in [9.17, 15) is 9.59 Å². The number of hydrogen-bond donors (Lipinski definition) is 3. The van der Waals surface area contributed by atoms with E-state index in [1.54, 1.807) is 36.5 Å². The van der Waals surface area contributed by atoms with Crippen LogP contribution in [0.3, 0.4) is 0 Å². The van der Waals surface area contributed by atoms with Crippen LogP contribution in [0, 0.1) is 13.8 Å². The van der Waals surface area contributed by atoms with E-state index in [1.807, 2.05) is 44.2 Å². The van der Waals surface area contributed by atoms with Crippen molar-refractivity contribution in [3.05, 3.63) is 78.0 Å². The van der Waals surface area contributed by atoms with Gasteiger partial charge in [0.15, 0.2) is 0 Å². The van der Waals surface area contributed by atoms with Gasteiger partial charge < -0.3 is 20.7 Å². The zero-order chi connectivity index (χ0) is 21.3. The van der Waals surface area contributed by atoms with Crippen molar-refractivity contribution in [3.8, 4) is 11.5 Å². The number of aromatic nitrogens is 1. The molecule has 0 saturated carbocycles. The number of nitrogens with zero attached hydrogens (tertiary/aromatic N) is 1. The maximum atomic E-state index is 12.0. The summed E-state index contributed by atoms with van der Waals surface area (Å²) >= 11 is 0. The van der Waals surface area contributed by atoms with E-state index in [1.165, 1.54) is 0 Å².